The van der Waals surface area contributed by atoms with Crippen LogP contribution in [0.25, 0.3) is 27.4 Å². The van der Waals surface area contributed by atoms with E-state index in [1.807, 2.05) is 49.4 Å². The Bertz CT molecular complexity index is 1480. The Balaban J connectivity index is 1.39. The van der Waals surface area contributed by atoms with Gasteiger partial charge >= 0.3 is 5.97 Å². The first kappa shape index (κ1) is 18.1. The van der Waals surface area contributed by atoms with Crippen molar-refractivity contribution in [2.75, 3.05) is 0 Å². The average molecular weight is 398 g/mol. The third kappa shape index (κ3) is 3.12. The van der Waals surface area contributed by atoms with Gasteiger partial charge in [-0.05, 0) is 35.4 Å². The molecule has 0 aliphatic carbocycles. The number of aromatic nitrogens is 2. The van der Waals surface area contributed by atoms with Crippen LogP contribution < -0.4 is 5.56 Å². The van der Waals surface area contributed by atoms with Crippen molar-refractivity contribution >= 4 is 33.4 Å². The quantitative estimate of drug-likeness (QED) is 0.425. The van der Waals surface area contributed by atoms with Crippen molar-refractivity contribution in [2.24, 2.45) is 0 Å². The molecule has 0 N–H and O–H groups in total. The molecule has 0 saturated carbocycles. The van der Waals surface area contributed by atoms with E-state index in [-0.39, 0.29) is 18.6 Å². The molecular weight excluding hydrogens is 380 g/mol. The third-order valence-electron chi connectivity index (χ3n) is 5.20. The molecular formula is C24H18N2O4. The maximum absolute atomic E-state index is 12.5. The van der Waals surface area contributed by atoms with Gasteiger partial charge in [0.25, 0.3) is 5.56 Å². The standard InChI is InChI=1S/C24H18N2O4/c1-15-5-4-10-26-21(27)12-18(25-24(15)26)14-30-22(28)11-17-13-29-20-9-8-16-6-2-3-7-19(16)23(17)20/h2-10,12-13H,11,14H2,1H3. The van der Waals surface area contributed by atoms with Crippen LogP contribution in [0.3, 0.4) is 0 Å². The minimum absolute atomic E-state index is 0.0601. The fraction of sp³-hybridized carbons (Fsp3) is 0.125. The summed E-state index contributed by atoms with van der Waals surface area (Å²) in [5.74, 6) is -0.405. The predicted molar refractivity (Wildman–Crippen MR) is 113 cm³/mol. The van der Waals surface area contributed by atoms with Crippen molar-refractivity contribution in [3.8, 4) is 0 Å². The number of ether oxygens (including phenoxy) is 1. The minimum atomic E-state index is -0.405. The molecule has 0 aliphatic rings. The number of nitrogens with zero attached hydrogens (tertiary/aromatic N) is 2. The highest BCUT2D eigenvalue weighted by molar-refractivity contribution is 6.08. The predicted octanol–water partition coefficient (Wildman–Crippen LogP) is 4.19. The van der Waals surface area contributed by atoms with Gasteiger partial charge < -0.3 is 9.15 Å². The lowest BCUT2D eigenvalue weighted by Crippen LogP contribution is -2.17. The normalized spacial score (nSPS) is 11.4. The number of carbonyl (C=O) groups is 1. The number of fused-ring (bicyclic) bond motifs is 4. The Morgan fingerprint density at radius 3 is 2.90 bits per heavy atom. The van der Waals surface area contributed by atoms with Gasteiger partial charge in [-0.2, -0.15) is 0 Å². The lowest BCUT2D eigenvalue weighted by molar-refractivity contribution is -0.144. The van der Waals surface area contributed by atoms with Crippen LogP contribution in [0.15, 0.2) is 76.3 Å². The Morgan fingerprint density at radius 2 is 2.00 bits per heavy atom. The van der Waals surface area contributed by atoms with E-state index in [4.69, 9.17) is 9.15 Å². The molecule has 5 rings (SSSR count). The van der Waals surface area contributed by atoms with Crippen LogP contribution in [-0.4, -0.2) is 15.4 Å². The van der Waals surface area contributed by atoms with Crippen LogP contribution >= 0.6 is 0 Å². The SMILES string of the molecule is Cc1cccn2c(=O)cc(COC(=O)Cc3coc4ccc5ccccc5c34)nc12. The highest BCUT2D eigenvalue weighted by atomic mass is 16.5. The molecule has 30 heavy (non-hydrogen) atoms. The number of pyridine rings is 1. The number of hydrogen-bond acceptors (Lipinski definition) is 5. The van der Waals surface area contributed by atoms with Gasteiger partial charge in [0, 0.05) is 23.2 Å². The van der Waals surface area contributed by atoms with E-state index in [0.717, 1.165) is 32.9 Å². The molecule has 0 atom stereocenters. The van der Waals surface area contributed by atoms with Gasteiger partial charge in [-0.25, -0.2) is 4.98 Å². The van der Waals surface area contributed by atoms with Gasteiger partial charge in [0.1, 0.15) is 17.8 Å². The number of rotatable bonds is 4. The average Bonchev–Trinajstić information content (AvgIpc) is 3.16. The first-order chi connectivity index (χ1) is 14.6. The Hall–Kier alpha value is -3.93. The number of benzene rings is 2. The highest BCUT2D eigenvalue weighted by Gasteiger charge is 2.15. The van der Waals surface area contributed by atoms with Crippen molar-refractivity contribution in [3.63, 3.8) is 0 Å². The molecule has 0 amide bonds. The van der Waals surface area contributed by atoms with E-state index in [0.29, 0.717) is 11.3 Å². The molecule has 6 nitrogen and oxygen atoms in total. The number of carbonyl (C=O) groups excluding carboxylic acids is 1. The van der Waals surface area contributed by atoms with Crippen LogP contribution in [0.4, 0.5) is 0 Å². The molecule has 0 radical (unpaired) electrons. The monoisotopic (exact) mass is 398 g/mol. The summed E-state index contributed by atoms with van der Waals surface area (Å²) in [6.45, 7) is 1.82. The molecule has 148 valence electrons. The number of esters is 1. The van der Waals surface area contributed by atoms with Gasteiger partial charge in [0.15, 0.2) is 0 Å². The van der Waals surface area contributed by atoms with Crippen molar-refractivity contribution in [1.82, 2.24) is 9.38 Å². The van der Waals surface area contributed by atoms with Crippen molar-refractivity contribution < 1.29 is 13.9 Å². The number of hydrogen-bond donors (Lipinski definition) is 0. The van der Waals surface area contributed by atoms with Gasteiger partial charge in [-0.1, -0.05) is 36.4 Å². The molecule has 3 heterocycles. The zero-order valence-electron chi connectivity index (χ0n) is 16.3. The molecule has 0 bridgehead atoms. The smallest absolute Gasteiger partial charge is 0.310 e. The maximum atomic E-state index is 12.5. The van der Waals surface area contributed by atoms with E-state index in [1.165, 1.54) is 10.5 Å². The van der Waals surface area contributed by atoms with E-state index in [9.17, 15) is 9.59 Å². The molecule has 0 saturated heterocycles. The first-order valence-corrected chi connectivity index (χ1v) is 9.61. The summed E-state index contributed by atoms with van der Waals surface area (Å²) < 4.78 is 12.5. The van der Waals surface area contributed by atoms with Crippen molar-refractivity contribution in [2.45, 2.75) is 20.0 Å². The van der Waals surface area contributed by atoms with E-state index < -0.39 is 5.97 Å². The van der Waals surface area contributed by atoms with E-state index >= 15 is 0 Å². The minimum Gasteiger partial charge on any atom is -0.464 e. The van der Waals surface area contributed by atoms with Crippen LogP contribution in [0.1, 0.15) is 16.8 Å². The fourth-order valence-corrected chi connectivity index (χ4v) is 3.75. The molecule has 2 aromatic carbocycles. The number of aryl methyl sites for hydroxylation is 1. The zero-order valence-corrected chi connectivity index (χ0v) is 16.3. The fourth-order valence-electron chi connectivity index (χ4n) is 3.75. The summed E-state index contributed by atoms with van der Waals surface area (Å²) in [5.41, 5.74) is 3.15. The van der Waals surface area contributed by atoms with Crippen LogP contribution in [0.5, 0.6) is 0 Å². The largest absolute Gasteiger partial charge is 0.464 e. The zero-order chi connectivity index (χ0) is 20.7. The highest BCUT2D eigenvalue weighted by Crippen LogP contribution is 2.30. The maximum Gasteiger partial charge on any atom is 0.310 e. The Kier molecular flexibility index (Phi) is 4.32. The van der Waals surface area contributed by atoms with Crippen LogP contribution in [-0.2, 0) is 22.6 Å². The molecule has 0 aliphatic heterocycles. The Morgan fingerprint density at radius 1 is 1.13 bits per heavy atom. The summed E-state index contributed by atoms with van der Waals surface area (Å²) in [5, 5.41) is 3.03. The third-order valence-corrected chi connectivity index (χ3v) is 5.20. The molecule has 3 aromatic heterocycles. The summed E-state index contributed by atoms with van der Waals surface area (Å²) in [6.07, 6.45) is 3.34. The van der Waals surface area contributed by atoms with Gasteiger partial charge in [0.05, 0.1) is 18.4 Å². The topological polar surface area (TPSA) is 73.8 Å². The Labute approximate surface area is 171 Å². The summed E-state index contributed by atoms with van der Waals surface area (Å²) in [4.78, 5) is 29.3. The molecule has 5 aromatic rings. The summed E-state index contributed by atoms with van der Waals surface area (Å²) >= 11 is 0. The van der Waals surface area contributed by atoms with E-state index in [2.05, 4.69) is 4.98 Å². The van der Waals surface area contributed by atoms with Crippen molar-refractivity contribution in [1.29, 1.82) is 0 Å². The second kappa shape index (κ2) is 7.15. The van der Waals surface area contributed by atoms with E-state index in [1.54, 1.807) is 18.5 Å². The lowest BCUT2D eigenvalue weighted by Gasteiger charge is -2.07. The van der Waals surface area contributed by atoms with Gasteiger partial charge in [-0.15, -0.1) is 0 Å². The molecule has 0 unspecified atom stereocenters. The summed E-state index contributed by atoms with van der Waals surface area (Å²) in [7, 11) is 0. The molecule has 6 heteroatoms. The lowest BCUT2D eigenvalue weighted by atomic mass is 10.0. The van der Waals surface area contributed by atoms with Gasteiger partial charge in [-0.3, -0.25) is 14.0 Å². The number of furan rings is 1. The summed E-state index contributed by atoms with van der Waals surface area (Å²) in [6, 6.07) is 16.9. The van der Waals surface area contributed by atoms with Crippen molar-refractivity contribution in [3.05, 3.63) is 94.2 Å². The second-order valence-corrected chi connectivity index (χ2v) is 7.23. The van der Waals surface area contributed by atoms with Crippen LogP contribution in [0.2, 0.25) is 0 Å². The van der Waals surface area contributed by atoms with Crippen LogP contribution in [0, 0.1) is 6.92 Å². The van der Waals surface area contributed by atoms with Gasteiger partial charge in [0.2, 0.25) is 0 Å². The second-order valence-electron chi connectivity index (χ2n) is 7.23. The molecule has 0 fully saturated rings. The first-order valence-electron chi connectivity index (χ1n) is 9.61. The molecule has 0 spiro atoms.